The highest BCUT2D eigenvalue weighted by molar-refractivity contribution is 7.22. The van der Waals surface area contributed by atoms with Gasteiger partial charge in [-0.2, -0.15) is 0 Å². The Hall–Kier alpha value is -4.80. The van der Waals surface area contributed by atoms with Crippen LogP contribution in [0.5, 0.6) is 5.75 Å². The van der Waals surface area contributed by atoms with Crippen LogP contribution in [0, 0.1) is 6.92 Å². The molecule has 0 spiro atoms. The van der Waals surface area contributed by atoms with Crippen LogP contribution in [0.1, 0.15) is 64.7 Å². The van der Waals surface area contributed by atoms with E-state index in [-0.39, 0.29) is 18.2 Å². The van der Waals surface area contributed by atoms with E-state index >= 15 is 0 Å². The average Bonchev–Trinajstić information content (AvgIpc) is 3.46. The summed E-state index contributed by atoms with van der Waals surface area (Å²) in [5.74, 6) is 0.569. The van der Waals surface area contributed by atoms with Crippen molar-refractivity contribution in [3.05, 3.63) is 101 Å². The molecule has 2 aromatic heterocycles. The molecule has 0 unspecified atom stereocenters. The fourth-order valence-corrected chi connectivity index (χ4v) is 6.57. The molecule has 3 aromatic carbocycles. The van der Waals surface area contributed by atoms with Crippen LogP contribution in [-0.4, -0.2) is 52.3 Å². The Morgan fingerprint density at radius 3 is 2.57 bits per heavy atom. The molecule has 0 aliphatic carbocycles. The van der Waals surface area contributed by atoms with Gasteiger partial charge in [0.05, 0.1) is 16.8 Å². The lowest BCUT2D eigenvalue weighted by molar-refractivity contribution is 0.00638. The predicted molar refractivity (Wildman–Crippen MR) is 186 cm³/mol. The van der Waals surface area contributed by atoms with Crippen LogP contribution in [0.15, 0.2) is 72.8 Å². The number of nitrogens with zero attached hydrogens (tertiary/aromatic N) is 3. The van der Waals surface area contributed by atoms with Gasteiger partial charge in [0.1, 0.15) is 17.2 Å². The molecule has 242 valence electrons. The van der Waals surface area contributed by atoms with Crippen LogP contribution in [0.25, 0.3) is 21.3 Å². The third kappa shape index (κ3) is 7.13. The maximum atomic E-state index is 13.7. The minimum Gasteiger partial charge on any atom is -0.493 e. The second-order valence-electron chi connectivity index (χ2n) is 12.5. The van der Waals surface area contributed by atoms with Crippen molar-refractivity contribution in [3.8, 4) is 16.9 Å². The second kappa shape index (κ2) is 13.5. The summed E-state index contributed by atoms with van der Waals surface area (Å²) in [6.45, 7) is 8.98. The molecule has 5 aromatic rings. The zero-order valence-electron chi connectivity index (χ0n) is 27.0. The normalized spacial score (nSPS) is 12.9. The number of thiazole rings is 1. The van der Waals surface area contributed by atoms with Crippen LogP contribution in [0.3, 0.4) is 0 Å². The first-order valence-electron chi connectivity index (χ1n) is 15.7. The molecule has 0 saturated heterocycles. The van der Waals surface area contributed by atoms with Crippen molar-refractivity contribution in [2.45, 2.75) is 52.7 Å². The number of aliphatic hydroxyl groups is 1. The smallest absolute Gasteiger partial charge is 0.358 e. The molecule has 2 N–H and O–H groups in total. The zero-order valence-corrected chi connectivity index (χ0v) is 27.8. The molecular weight excluding hydrogens is 612 g/mol. The average molecular weight is 651 g/mol. The van der Waals surface area contributed by atoms with Crippen LogP contribution in [0.4, 0.5) is 10.9 Å². The van der Waals surface area contributed by atoms with Gasteiger partial charge in [-0.3, -0.25) is 10.1 Å². The summed E-state index contributed by atoms with van der Waals surface area (Å²) in [6, 6.07) is 23.1. The minimum absolute atomic E-state index is 0.0448. The van der Waals surface area contributed by atoms with Crippen LogP contribution < -0.4 is 15.0 Å². The van der Waals surface area contributed by atoms with Crippen molar-refractivity contribution in [2.24, 2.45) is 0 Å². The number of pyridine rings is 1. The van der Waals surface area contributed by atoms with Gasteiger partial charge in [0.25, 0.3) is 5.91 Å². The fraction of sp³-hybridized carbons (Fsp3) is 0.297. The number of esters is 1. The number of rotatable bonds is 9. The van der Waals surface area contributed by atoms with Gasteiger partial charge in [0.2, 0.25) is 0 Å². The number of carbonyl (C=O) groups excluding carboxylic acids is 2. The first-order chi connectivity index (χ1) is 22.6. The van der Waals surface area contributed by atoms with Gasteiger partial charge < -0.3 is 19.5 Å². The van der Waals surface area contributed by atoms with E-state index in [1.165, 1.54) is 11.3 Å². The summed E-state index contributed by atoms with van der Waals surface area (Å²) in [7, 11) is 0. The van der Waals surface area contributed by atoms with E-state index in [2.05, 4.69) is 21.3 Å². The van der Waals surface area contributed by atoms with E-state index in [4.69, 9.17) is 14.5 Å². The van der Waals surface area contributed by atoms with E-state index in [1.807, 2.05) is 94.4 Å². The molecule has 0 radical (unpaired) electrons. The number of nitrogens with one attached hydrogen (secondary N) is 1. The van der Waals surface area contributed by atoms with E-state index < -0.39 is 11.6 Å². The van der Waals surface area contributed by atoms with Crippen molar-refractivity contribution >= 4 is 44.4 Å². The Balaban J connectivity index is 1.32. The monoisotopic (exact) mass is 650 g/mol. The third-order valence-electron chi connectivity index (χ3n) is 7.96. The third-order valence-corrected chi connectivity index (χ3v) is 8.91. The molecule has 0 bridgehead atoms. The number of carbonyl (C=O) groups is 2. The standard InChI is InChI=1S/C37H38N4O5S/c1-23-25(11-8-14-30(23)45-21-9-20-42)26-16-17-32(39-33(26)35(44)46-37(2,3)4)41-19-18-24-10-7-12-27(28(24)22-41)34(43)40-36-38-29-13-5-6-15-31(29)47-36/h5-8,10-17,42H,9,18-22H2,1-4H3,(H,38,40,43). The van der Waals surface area contributed by atoms with E-state index in [1.54, 1.807) is 0 Å². The summed E-state index contributed by atoms with van der Waals surface area (Å²) >= 11 is 1.44. The van der Waals surface area contributed by atoms with Crippen molar-refractivity contribution in [3.63, 3.8) is 0 Å². The van der Waals surface area contributed by atoms with Crippen LogP contribution in [0.2, 0.25) is 0 Å². The quantitative estimate of drug-likeness (QED) is 0.127. The number of fused-ring (bicyclic) bond motifs is 2. The predicted octanol–water partition coefficient (Wildman–Crippen LogP) is 7.20. The molecule has 47 heavy (non-hydrogen) atoms. The molecule has 0 atom stereocenters. The van der Waals surface area contributed by atoms with Crippen molar-refractivity contribution < 1.29 is 24.2 Å². The molecular formula is C37H38N4O5S. The number of amides is 1. The topological polar surface area (TPSA) is 114 Å². The first kappa shape index (κ1) is 32.2. The lowest BCUT2D eigenvalue weighted by atomic mass is 9.94. The Morgan fingerprint density at radius 2 is 1.79 bits per heavy atom. The van der Waals surface area contributed by atoms with Gasteiger partial charge in [-0.15, -0.1) is 0 Å². The molecule has 1 amide bonds. The van der Waals surface area contributed by atoms with Gasteiger partial charge in [0, 0.05) is 37.2 Å². The maximum absolute atomic E-state index is 13.7. The second-order valence-corrected chi connectivity index (χ2v) is 13.5. The van der Waals surface area contributed by atoms with Crippen molar-refractivity contribution in [2.75, 3.05) is 30.0 Å². The minimum atomic E-state index is -0.716. The summed E-state index contributed by atoms with van der Waals surface area (Å²) in [5, 5.41) is 12.7. The summed E-state index contributed by atoms with van der Waals surface area (Å²) in [5.41, 5.74) is 5.27. The SMILES string of the molecule is Cc1c(OCCCO)cccc1-c1ccc(N2CCc3cccc(C(=O)Nc4nc5ccccc5s4)c3C2)nc1C(=O)OC(C)(C)C. The molecule has 3 heterocycles. The Kier molecular flexibility index (Phi) is 9.24. The first-order valence-corrected chi connectivity index (χ1v) is 16.5. The lowest BCUT2D eigenvalue weighted by Crippen LogP contribution is -2.33. The summed E-state index contributed by atoms with van der Waals surface area (Å²) in [6.07, 6.45) is 1.24. The van der Waals surface area contributed by atoms with Gasteiger partial charge in [0.15, 0.2) is 10.8 Å². The Labute approximate surface area is 278 Å². The maximum Gasteiger partial charge on any atom is 0.358 e. The molecule has 10 heteroatoms. The number of hydrogen-bond donors (Lipinski definition) is 2. The van der Waals surface area contributed by atoms with Crippen LogP contribution >= 0.6 is 11.3 Å². The largest absolute Gasteiger partial charge is 0.493 e. The van der Waals surface area contributed by atoms with Gasteiger partial charge >= 0.3 is 5.97 Å². The highest BCUT2D eigenvalue weighted by Gasteiger charge is 2.27. The molecule has 1 aliphatic rings. The molecule has 9 nitrogen and oxygen atoms in total. The van der Waals surface area contributed by atoms with Crippen molar-refractivity contribution in [1.82, 2.24) is 9.97 Å². The van der Waals surface area contributed by atoms with Crippen LogP contribution in [-0.2, 0) is 17.7 Å². The number of para-hydroxylation sites is 1. The van der Waals surface area contributed by atoms with Gasteiger partial charge in [-0.05, 0) is 92.8 Å². The number of hydrogen-bond acceptors (Lipinski definition) is 9. The summed E-state index contributed by atoms with van der Waals surface area (Å²) in [4.78, 5) is 38.8. The van der Waals surface area contributed by atoms with E-state index in [0.717, 1.165) is 38.9 Å². The van der Waals surface area contributed by atoms with E-state index in [9.17, 15) is 14.7 Å². The highest BCUT2D eigenvalue weighted by Crippen LogP contribution is 2.35. The highest BCUT2D eigenvalue weighted by atomic mass is 32.1. The van der Waals surface area contributed by atoms with E-state index in [0.29, 0.717) is 53.9 Å². The molecule has 0 saturated carbocycles. The lowest BCUT2D eigenvalue weighted by Gasteiger charge is -2.31. The number of ether oxygens (including phenoxy) is 2. The fourth-order valence-electron chi connectivity index (χ4n) is 5.71. The molecule has 6 rings (SSSR count). The van der Waals surface area contributed by atoms with Gasteiger partial charge in [-0.1, -0.05) is 47.7 Å². The Bertz CT molecular complexity index is 1910. The number of aliphatic hydroxyl groups excluding tert-OH is 1. The number of anilines is 2. The van der Waals surface area contributed by atoms with Gasteiger partial charge in [-0.25, -0.2) is 14.8 Å². The number of aromatic nitrogens is 2. The number of benzene rings is 3. The molecule has 0 fully saturated rings. The Morgan fingerprint density at radius 1 is 0.979 bits per heavy atom. The zero-order chi connectivity index (χ0) is 33.1. The molecule has 1 aliphatic heterocycles. The summed E-state index contributed by atoms with van der Waals surface area (Å²) < 4.78 is 12.8. The van der Waals surface area contributed by atoms with Crippen molar-refractivity contribution in [1.29, 1.82) is 0 Å².